The molecule has 0 aliphatic carbocycles. The molecule has 4 aromatic rings. The van der Waals surface area contributed by atoms with Crippen molar-refractivity contribution in [1.29, 1.82) is 5.26 Å². The van der Waals surface area contributed by atoms with Gasteiger partial charge in [0.1, 0.15) is 23.4 Å². The van der Waals surface area contributed by atoms with Gasteiger partial charge in [-0.25, -0.2) is 4.98 Å². The van der Waals surface area contributed by atoms with Crippen LogP contribution >= 0.6 is 11.3 Å². The SMILES string of the molecule is Cc1nnc(-c2ccc(Oc3cc(OC(C)CC#N)ccc3C(=O)Nc3ncc(F)s3)cc2)o1. The maximum atomic E-state index is 13.3. The highest BCUT2D eigenvalue weighted by molar-refractivity contribution is 7.14. The van der Waals surface area contributed by atoms with E-state index in [-0.39, 0.29) is 29.0 Å². The van der Waals surface area contributed by atoms with E-state index < -0.39 is 11.0 Å². The van der Waals surface area contributed by atoms with Gasteiger partial charge in [0.05, 0.1) is 24.3 Å². The lowest BCUT2D eigenvalue weighted by Crippen LogP contribution is -2.14. The van der Waals surface area contributed by atoms with Gasteiger partial charge in [0, 0.05) is 18.6 Å². The molecule has 0 fully saturated rings. The molecule has 0 saturated heterocycles. The minimum absolute atomic E-state index is 0.121. The number of aromatic nitrogens is 3. The summed E-state index contributed by atoms with van der Waals surface area (Å²) in [5.74, 6) is 1.37. The molecule has 2 aromatic carbocycles. The first-order valence-corrected chi connectivity index (χ1v) is 10.9. The number of amides is 1. The molecule has 0 aliphatic heterocycles. The van der Waals surface area contributed by atoms with Gasteiger partial charge in [-0.1, -0.05) is 11.3 Å². The molecule has 0 radical (unpaired) electrons. The summed E-state index contributed by atoms with van der Waals surface area (Å²) in [6, 6.07) is 13.6. The highest BCUT2D eigenvalue weighted by atomic mass is 32.1. The summed E-state index contributed by atoms with van der Waals surface area (Å²) in [5.41, 5.74) is 0.895. The molecule has 34 heavy (non-hydrogen) atoms. The van der Waals surface area contributed by atoms with Crippen molar-refractivity contribution in [3.63, 3.8) is 0 Å². The molecular formula is C23H18FN5O4S. The Morgan fingerprint density at radius 1 is 1.24 bits per heavy atom. The zero-order chi connectivity index (χ0) is 24.1. The maximum Gasteiger partial charge on any atom is 0.261 e. The molecule has 0 spiro atoms. The number of halogens is 1. The third-order valence-corrected chi connectivity index (χ3v) is 5.17. The van der Waals surface area contributed by atoms with Gasteiger partial charge in [0.15, 0.2) is 10.3 Å². The number of thiazole rings is 1. The van der Waals surface area contributed by atoms with Crippen molar-refractivity contribution >= 4 is 22.4 Å². The van der Waals surface area contributed by atoms with E-state index in [4.69, 9.17) is 19.2 Å². The minimum atomic E-state index is -0.529. The van der Waals surface area contributed by atoms with Crippen LogP contribution in [0.2, 0.25) is 0 Å². The predicted octanol–water partition coefficient (Wildman–Crippen LogP) is 5.37. The van der Waals surface area contributed by atoms with Crippen LogP contribution in [0.1, 0.15) is 29.6 Å². The Hall–Kier alpha value is -4.30. The summed E-state index contributed by atoms with van der Waals surface area (Å²) in [4.78, 5) is 16.7. The van der Waals surface area contributed by atoms with Crippen LogP contribution in [-0.4, -0.2) is 27.2 Å². The van der Waals surface area contributed by atoms with Crippen LogP contribution < -0.4 is 14.8 Å². The van der Waals surface area contributed by atoms with Crippen LogP contribution in [0.4, 0.5) is 9.52 Å². The first kappa shape index (κ1) is 22.9. The maximum absolute atomic E-state index is 13.3. The smallest absolute Gasteiger partial charge is 0.261 e. The number of carbonyl (C=O) groups excluding carboxylic acids is 1. The lowest BCUT2D eigenvalue weighted by atomic mass is 10.1. The van der Waals surface area contributed by atoms with Crippen molar-refractivity contribution in [2.24, 2.45) is 0 Å². The topological polar surface area (TPSA) is 123 Å². The summed E-state index contributed by atoms with van der Waals surface area (Å²) < 4.78 is 30.4. The first-order chi connectivity index (χ1) is 16.4. The zero-order valence-electron chi connectivity index (χ0n) is 18.1. The Labute approximate surface area is 197 Å². The lowest BCUT2D eigenvalue weighted by Gasteiger charge is -2.15. The number of hydrogen-bond acceptors (Lipinski definition) is 9. The lowest BCUT2D eigenvalue weighted by molar-refractivity contribution is 0.102. The van der Waals surface area contributed by atoms with Crippen molar-refractivity contribution in [2.75, 3.05) is 5.32 Å². The Balaban J connectivity index is 1.60. The molecular weight excluding hydrogens is 461 g/mol. The summed E-state index contributed by atoms with van der Waals surface area (Å²) in [6.45, 7) is 3.46. The van der Waals surface area contributed by atoms with Gasteiger partial charge in [0.2, 0.25) is 11.8 Å². The van der Waals surface area contributed by atoms with Crippen molar-refractivity contribution in [2.45, 2.75) is 26.4 Å². The molecule has 11 heteroatoms. The first-order valence-electron chi connectivity index (χ1n) is 10.1. The molecule has 0 bridgehead atoms. The minimum Gasteiger partial charge on any atom is -0.490 e. The molecule has 172 valence electrons. The fourth-order valence-electron chi connectivity index (χ4n) is 2.93. The van der Waals surface area contributed by atoms with E-state index in [0.717, 1.165) is 6.20 Å². The van der Waals surface area contributed by atoms with Gasteiger partial charge in [-0.3, -0.25) is 10.1 Å². The van der Waals surface area contributed by atoms with Crippen LogP contribution in [0, 0.1) is 23.4 Å². The number of nitriles is 1. The van der Waals surface area contributed by atoms with Crippen molar-refractivity contribution in [3.8, 4) is 34.8 Å². The largest absolute Gasteiger partial charge is 0.490 e. The normalized spacial score (nSPS) is 11.5. The highest BCUT2D eigenvalue weighted by Crippen LogP contribution is 2.32. The molecule has 2 heterocycles. The highest BCUT2D eigenvalue weighted by Gasteiger charge is 2.18. The standard InChI is InChI=1S/C23H18FN5O4S/c1-13(9-10-25)31-17-7-8-18(21(30)27-23-26-12-20(24)34-23)19(11-17)33-16-5-3-15(4-6-16)22-29-28-14(2)32-22/h3-8,11-13H,9H2,1-2H3,(H,26,27,30). The number of carbonyl (C=O) groups is 1. The van der Waals surface area contributed by atoms with Gasteiger partial charge in [-0.2, -0.15) is 9.65 Å². The van der Waals surface area contributed by atoms with E-state index in [1.165, 1.54) is 6.07 Å². The van der Waals surface area contributed by atoms with Crippen LogP contribution in [-0.2, 0) is 0 Å². The third kappa shape index (κ3) is 5.54. The number of rotatable bonds is 8. The molecule has 2 aromatic heterocycles. The average Bonchev–Trinajstić information content (AvgIpc) is 3.42. The second kappa shape index (κ2) is 10.1. The third-order valence-electron chi connectivity index (χ3n) is 4.47. The summed E-state index contributed by atoms with van der Waals surface area (Å²) in [7, 11) is 0. The molecule has 1 unspecified atom stereocenters. The number of nitrogens with one attached hydrogen (secondary N) is 1. The number of ether oxygens (including phenoxy) is 2. The molecule has 0 aliphatic rings. The Morgan fingerprint density at radius 2 is 2.00 bits per heavy atom. The van der Waals surface area contributed by atoms with Crippen molar-refractivity contribution in [1.82, 2.24) is 15.2 Å². The Morgan fingerprint density at radius 3 is 2.65 bits per heavy atom. The van der Waals surface area contributed by atoms with Crippen LogP contribution in [0.15, 0.2) is 53.1 Å². The summed E-state index contributed by atoms with van der Waals surface area (Å²) in [6.07, 6.45) is 0.871. The van der Waals surface area contributed by atoms with E-state index in [1.807, 2.05) is 6.07 Å². The van der Waals surface area contributed by atoms with E-state index in [0.29, 0.717) is 40.2 Å². The fourth-order valence-corrected chi connectivity index (χ4v) is 3.47. The van der Waals surface area contributed by atoms with Gasteiger partial charge in [-0.15, -0.1) is 10.2 Å². The van der Waals surface area contributed by atoms with E-state index in [1.54, 1.807) is 50.2 Å². The molecule has 4 rings (SSSR count). The number of benzene rings is 2. The van der Waals surface area contributed by atoms with E-state index >= 15 is 0 Å². The second-order valence-electron chi connectivity index (χ2n) is 7.12. The van der Waals surface area contributed by atoms with Crippen LogP contribution in [0.5, 0.6) is 17.2 Å². The average molecular weight is 479 g/mol. The molecule has 1 N–H and O–H groups in total. The van der Waals surface area contributed by atoms with Gasteiger partial charge in [0.25, 0.3) is 5.91 Å². The Bertz CT molecular complexity index is 1350. The molecule has 0 saturated carbocycles. The summed E-state index contributed by atoms with van der Waals surface area (Å²) in [5, 5.41) is 18.8. The number of aryl methyl sites for hydroxylation is 1. The zero-order valence-corrected chi connectivity index (χ0v) is 18.9. The quantitative estimate of drug-likeness (QED) is 0.358. The number of nitrogens with zero attached hydrogens (tertiary/aromatic N) is 4. The van der Waals surface area contributed by atoms with E-state index in [9.17, 15) is 9.18 Å². The van der Waals surface area contributed by atoms with Crippen LogP contribution in [0.25, 0.3) is 11.5 Å². The predicted molar refractivity (Wildman–Crippen MR) is 121 cm³/mol. The monoisotopic (exact) mass is 479 g/mol. The van der Waals surface area contributed by atoms with Gasteiger partial charge in [-0.05, 0) is 43.3 Å². The van der Waals surface area contributed by atoms with Gasteiger partial charge >= 0.3 is 0 Å². The second-order valence-corrected chi connectivity index (χ2v) is 8.11. The Kier molecular flexibility index (Phi) is 6.79. The van der Waals surface area contributed by atoms with Crippen LogP contribution in [0.3, 0.4) is 0 Å². The van der Waals surface area contributed by atoms with Crippen molar-refractivity contribution < 1.29 is 23.1 Å². The number of hydrogen-bond donors (Lipinski definition) is 1. The van der Waals surface area contributed by atoms with Crippen molar-refractivity contribution in [3.05, 3.63) is 65.2 Å². The van der Waals surface area contributed by atoms with Gasteiger partial charge < -0.3 is 13.9 Å². The number of anilines is 1. The summed E-state index contributed by atoms with van der Waals surface area (Å²) >= 11 is 0.713. The molecule has 1 atom stereocenters. The molecule has 9 nitrogen and oxygen atoms in total. The van der Waals surface area contributed by atoms with E-state index in [2.05, 4.69) is 20.5 Å². The molecule has 1 amide bonds. The fraction of sp³-hybridized carbons (Fsp3) is 0.174.